The highest BCUT2D eigenvalue weighted by Gasteiger charge is 2.14. The number of aromatic nitrogens is 1. The van der Waals surface area contributed by atoms with Crippen LogP contribution in [0.5, 0.6) is 5.88 Å². The second-order valence-corrected chi connectivity index (χ2v) is 5.80. The van der Waals surface area contributed by atoms with Crippen LogP contribution in [0.25, 0.3) is 0 Å². The maximum atomic E-state index is 10.2. The average Bonchev–Trinajstić information content (AvgIpc) is 2.38. The van der Waals surface area contributed by atoms with E-state index < -0.39 is 0 Å². The third-order valence-electron chi connectivity index (χ3n) is 2.53. The van der Waals surface area contributed by atoms with E-state index in [0.29, 0.717) is 26.5 Å². The minimum atomic E-state index is 0.394. The van der Waals surface area contributed by atoms with Crippen LogP contribution in [-0.2, 0) is 0 Å². The summed E-state index contributed by atoms with van der Waals surface area (Å²) in [4.78, 5) is 4.65. The fourth-order valence-corrected chi connectivity index (χ4v) is 2.94. The number of methoxy groups -OCH3 is 1. The van der Waals surface area contributed by atoms with Crippen molar-refractivity contribution in [2.45, 2.75) is 11.8 Å². The van der Waals surface area contributed by atoms with Crippen molar-refractivity contribution >= 4 is 40.8 Å². The van der Waals surface area contributed by atoms with E-state index in [-0.39, 0.29) is 0 Å². The highest BCUT2D eigenvalue weighted by Crippen LogP contribution is 2.35. The Morgan fingerprint density at radius 3 is 2.65 bits per heavy atom. The molecule has 0 fully saturated rings. The zero-order valence-electron chi connectivity index (χ0n) is 10.8. The van der Waals surface area contributed by atoms with E-state index in [1.54, 1.807) is 24.3 Å². The Labute approximate surface area is 131 Å². The summed E-state index contributed by atoms with van der Waals surface area (Å²) in [6.07, 6.45) is 1.49. The monoisotopic (exact) mass is 330 g/mol. The molecular formula is C13H12Cl2N2O2S. The molecule has 2 rings (SSSR count). The van der Waals surface area contributed by atoms with Crippen LogP contribution >= 0.6 is 35.1 Å². The van der Waals surface area contributed by atoms with E-state index in [1.807, 2.05) is 6.92 Å². The van der Waals surface area contributed by atoms with Crippen LogP contribution in [0, 0.1) is 6.92 Å². The van der Waals surface area contributed by atoms with Crippen LogP contribution in [0.3, 0.4) is 0 Å². The van der Waals surface area contributed by atoms with Crippen molar-refractivity contribution in [2.24, 2.45) is 0 Å². The van der Waals surface area contributed by atoms with Gasteiger partial charge < -0.3 is 4.74 Å². The van der Waals surface area contributed by atoms with Gasteiger partial charge in [0, 0.05) is 23.2 Å². The number of benzene rings is 1. The van der Waals surface area contributed by atoms with Crippen molar-refractivity contribution in [3.05, 3.63) is 46.1 Å². The number of hydrogen-bond acceptors (Lipinski definition) is 5. The van der Waals surface area contributed by atoms with Gasteiger partial charge in [-0.1, -0.05) is 23.2 Å². The van der Waals surface area contributed by atoms with E-state index in [4.69, 9.17) is 27.9 Å². The molecule has 1 heterocycles. The van der Waals surface area contributed by atoms with Crippen molar-refractivity contribution in [1.29, 1.82) is 0 Å². The predicted molar refractivity (Wildman–Crippen MR) is 82.1 cm³/mol. The molecule has 0 atom stereocenters. The highest BCUT2D eigenvalue weighted by atomic mass is 35.5. The summed E-state index contributed by atoms with van der Waals surface area (Å²) >= 11 is 12.9. The van der Waals surface area contributed by atoms with Crippen molar-refractivity contribution in [3.63, 3.8) is 0 Å². The van der Waals surface area contributed by atoms with Crippen LogP contribution in [0.1, 0.15) is 5.56 Å². The summed E-state index contributed by atoms with van der Waals surface area (Å²) in [7, 11) is 1.51. The number of aryl methyl sites for hydroxylation is 1. The van der Waals surface area contributed by atoms with E-state index in [1.165, 1.54) is 13.3 Å². The van der Waals surface area contributed by atoms with Crippen molar-refractivity contribution < 1.29 is 9.94 Å². The van der Waals surface area contributed by atoms with Gasteiger partial charge in [-0.3, -0.25) is 5.21 Å². The Kier molecular flexibility index (Phi) is 4.99. The van der Waals surface area contributed by atoms with Crippen LogP contribution in [0.4, 0.5) is 5.69 Å². The molecule has 0 saturated heterocycles. The molecular weight excluding hydrogens is 319 g/mol. The van der Waals surface area contributed by atoms with Crippen LogP contribution in [-0.4, -0.2) is 17.3 Å². The van der Waals surface area contributed by atoms with Gasteiger partial charge >= 0.3 is 0 Å². The Hall–Kier alpha value is -1.14. The van der Waals surface area contributed by atoms with Gasteiger partial charge in [-0.2, -0.15) is 4.47 Å². The minimum Gasteiger partial charge on any atom is -0.480 e. The van der Waals surface area contributed by atoms with Gasteiger partial charge in [0.1, 0.15) is 0 Å². The van der Waals surface area contributed by atoms with Gasteiger partial charge in [0.25, 0.3) is 0 Å². The number of hydrogen-bond donors (Lipinski definition) is 1. The Morgan fingerprint density at radius 1 is 1.25 bits per heavy atom. The number of ether oxygens (including phenoxy) is 1. The van der Waals surface area contributed by atoms with E-state index in [2.05, 4.69) is 4.98 Å². The molecule has 0 radical (unpaired) electrons. The van der Waals surface area contributed by atoms with Gasteiger partial charge in [0.05, 0.1) is 22.7 Å². The average molecular weight is 331 g/mol. The van der Waals surface area contributed by atoms with Crippen LogP contribution < -0.4 is 9.21 Å². The second kappa shape index (κ2) is 6.54. The molecule has 20 heavy (non-hydrogen) atoms. The summed E-state index contributed by atoms with van der Waals surface area (Å²) in [5, 5.41) is 11.3. The lowest BCUT2D eigenvalue weighted by atomic mass is 10.2. The predicted octanol–water partition coefficient (Wildman–Crippen LogP) is 4.61. The molecule has 1 aromatic carbocycles. The van der Waals surface area contributed by atoms with Gasteiger partial charge in [-0.25, -0.2) is 4.98 Å². The Bertz CT molecular complexity index is 625. The fourth-order valence-electron chi connectivity index (χ4n) is 1.60. The summed E-state index contributed by atoms with van der Waals surface area (Å²) in [6, 6.07) is 6.89. The molecule has 0 aliphatic rings. The third-order valence-corrected chi connectivity index (χ3v) is 3.83. The van der Waals surface area contributed by atoms with Crippen LogP contribution in [0.2, 0.25) is 10.0 Å². The first-order chi connectivity index (χ1) is 9.51. The lowest BCUT2D eigenvalue weighted by Gasteiger charge is -2.18. The molecule has 106 valence electrons. The van der Waals surface area contributed by atoms with Crippen molar-refractivity contribution in [3.8, 4) is 5.88 Å². The molecule has 0 aliphatic heterocycles. The molecule has 0 saturated carbocycles. The Balaban J connectivity index is 2.27. The molecule has 0 bridgehead atoms. The van der Waals surface area contributed by atoms with E-state index in [9.17, 15) is 5.21 Å². The summed E-state index contributed by atoms with van der Waals surface area (Å²) in [5.74, 6) is 0.394. The number of pyridine rings is 1. The summed E-state index contributed by atoms with van der Waals surface area (Å²) in [6.45, 7) is 1.86. The number of halogens is 2. The van der Waals surface area contributed by atoms with E-state index >= 15 is 0 Å². The standard InChI is InChI=1S/C13H12Cl2N2O2S/c1-8-5-9(14)3-4-11(8)17(18)20-12-6-10(15)7-16-13(12)19-2/h3-7,18H,1-2H3. The molecule has 1 N–H and O–H groups in total. The first-order valence-electron chi connectivity index (χ1n) is 5.64. The molecule has 4 nitrogen and oxygen atoms in total. The smallest absolute Gasteiger partial charge is 0.229 e. The first kappa shape index (κ1) is 15.3. The molecule has 2 aromatic rings. The van der Waals surface area contributed by atoms with Gasteiger partial charge in [-0.05, 0) is 36.8 Å². The van der Waals surface area contributed by atoms with Crippen LogP contribution in [0.15, 0.2) is 35.4 Å². The van der Waals surface area contributed by atoms with Gasteiger partial charge in [0.2, 0.25) is 5.88 Å². The SMILES string of the molecule is COc1ncc(Cl)cc1SN(O)c1ccc(Cl)cc1C. The molecule has 0 amide bonds. The largest absolute Gasteiger partial charge is 0.480 e. The Morgan fingerprint density at radius 2 is 2.00 bits per heavy atom. The first-order valence-corrected chi connectivity index (χ1v) is 7.17. The maximum Gasteiger partial charge on any atom is 0.229 e. The number of nitrogens with zero attached hydrogens (tertiary/aromatic N) is 2. The van der Waals surface area contributed by atoms with E-state index in [0.717, 1.165) is 22.0 Å². The molecule has 1 aromatic heterocycles. The second-order valence-electron chi connectivity index (χ2n) is 3.96. The number of anilines is 1. The number of rotatable bonds is 4. The fraction of sp³-hybridized carbons (Fsp3) is 0.154. The minimum absolute atomic E-state index is 0.394. The van der Waals surface area contributed by atoms with Crippen molar-refractivity contribution in [2.75, 3.05) is 11.6 Å². The maximum absolute atomic E-state index is 10.2. The molecule has 0 unspecified atom stereocenters. The lowest BCUT2D eigenvalue weighted by Crippen LogP contribution is -2.09. The summed E-state index contributed by atoms with van der Waals surface area (Å²) < 4.78 is 6.17. The van der Waals surface area contributed by atoms with Gasteiger partial charge in [-0.15, -0.1) is 0 Å². The quantitative estimate of drug-likeness (QED) is 0.655. The molecule has 7 heteroatoms. The third kappa shape index (κ3) is 3.49. The topological polar surface area (TPSA) is 45.6 Å². The van der Waals surface area contributed by atoms with Gasteiger partial charge in [0.15, 0.2) is 0 Å². The zero-order chi connectivity index (χ0) is 14.7. The normalized spacial score (nSPS) is 10.4. The van der Waals surface area contributed by atoms with Crippen molar-refractivity contribution in [1.82, 2.24) is 4.98 Å². The molecule has 0 spiro atoms. The summed E-state index contributed by atoms with van der Waals surface area (Å²) in [5.41, 5.74) is 1.47. The highest BCUT2D eigenvalue weighted by molar-refractivity contribution is 8.00. The molecule has 0 aliphatic carbocycles. The lowest BCUT2D eigenvalue weighted by molar-refractivity contribution is 0.330. The zero-order valence-corrected chi connectivity index (χ0v) is 13.1.